The fourth-order valence-electron chi connectivity index (χ4n) is 3.17. The number of halogens is 1. The van der Waals surface area contributed by atoms with Crippen molar-refractivity contribution in [2.24, 2.45) is 5.92 Å². The summed E-state index contributed by atoms with van der Waals surface area (Å²) < 4.78 is 32.0. The Morgan fingerprint density at radius 2 is 2.14 bits per heavy atom. The van der Waals surface area contributed by atoms with Crippen LogP contribution in [0.1, 0.15) is 40.0 Å². The molecule has 6 nitrogen and oxygen atoms in total. The number of rotatable bonds is 10. The molecule has 1 saturated carbocycles. The molecular weight excluding hydrogens is 383 g/mol. The van der Waals surface area contributed by atoms with Crippen LogP contribution in [0.15, 0.2) is 12.1 Å². The lowest BCUT2D eigenvalue weighted by Gasteiger charge is -2.35. The molecule has 28 heavy (non-hydrogen) atoms. The standard InChI is InChI=1S/C20H27FN2O4S/c1-4-14(22-12(3)24)11-26-15-8-13(9-15)10-27-17-7-6-16-19(18(17)21)28-20(23-16)25-5-2/h6-7,13-15H,4-5,8-11H2,1-3H3,(H,22,24)/t13?,14-,15?/m0/s1. The molecule has 1 heterocycles. The van der Waals surface area contributed by atoms with Gasteiger partial charge in [0.2, 0.25) is 5.91 Å². The Morgan fingerprint density at radius 1 is 1.36 bits per heavy atom. The van der Waals surface area contributed by atoms with Crippen LogP contribution in [-0.2, 0) is 9.53 Å². The van der Waals surface area contributed by atoms with Crippen molar-refractivity contribution in [1.82, 2.24) is 10.3 Å². The fourth-order valence-corrected chi connectivity index (χ4v) is 4.08. The molecule has 1 aromatic heterocycles. The number of aromatic nitrogens is 1. The summed E-state index contributed by atoms with van der Waals surface area (Å²) in [4.78, 5) is 15.4. The third-order valence-electron chi connectivity index (χ3n) is 4.81. The average molecular weight is 411 g/mol. The minimum absolute atomic E-state index is 0.0383. The summed E-state index contributed by atoms with van der Waals surface area (Å²) in [7, 11) is 0. The number of amides is 1. The highest BCUT2D eigenvalue weighted by Gasteiger charge is 2.31. The number of thiazole rings is 1. The van der Waals surface area contributed by atoms with Crippen molar-refractivity contribution in [2.45, 2.75) is 52.2 Å². The van der Waals surface area contributed by atoms with Crippen LogP contribution in [0.5, 0.6) is 10.9 Å². The topological polar surface area (TPSA) is 69.7 Å². The predicted octanol–water partition coefficient (Wildman–Crippen LogP) is 3.92. The molecule has 0 spiro atoms. The molecule has 2 aromatic rings. The highest BCUT2D eigenvalue weighted by molar-refractivity contribution is 7.20. The quantitative estimate of drug-likeness (QED) is 0.643. The Balaban J connectivity index is 1.44. The van der Waals surface area contributed by atoms with Gasteiger partial charge >= 0.3 is 0 Å². The molecule has 1 aromatic carbocycles. The van der Waals surface area contributed by atoms with Gasteiger partial charge in [-0.3, -0.25) is 4.79 Å². The van der Waals surface area contributed by atoms with Crippen LogP contribution in [0.2, 0.25) is 0 Å². The number of hydrogen-bond donors (Lipinski definition) is 1. The van der Waals surface area contributed by atoms with Crippen molar-refractivity contribution in [3.8, 4) is 10.9 Å². The second-order valence-electron chi connectivity index (χ2n) is 7.05. The summed E-state index contributed by atoms with van der Waals surface area (Å²) in [6, 6.07) is 3.43. The lowest BCUT2D eigenvalue weighted by Crippen LogP contribution is -2.41. The molecule has 1 amide bonds. The largest absolute Gasteiger partial charge is 0.490 e. The summed E-state index contributed by atoms with van der Waals surface area (Å²) in [5, 5.41) is 3.35. The maximum Gasteiger partial charge on any atom is 0.274 e. The van der Waals surface area contributed by atoms with Gasteiger partial charge in [-0.25, -0.2) is 9.37 Å². The lowest BCUT2D eigenvalue weighted by molar-refractivity contribution is -0.120. The van der Waals surface area contributed by atoms with Crippen LogP contribution in [0.4, 0.5) is 4.39 Å². The van der Waals surface area contributed by atoms with E-state index in [-0.39, 0.29) is 29.6 Å². The number of nitrogens with zero attached hydrogens (tertiary/aromatic N) is 1. The van der Waals surface area contributed by atoms with Crippen molar-refractivity contribution >= 4 is 27.5 Å². The zero-order valence-electron chi connectivity index (χ0n) is 16.5. The molecule has 154 valence electrons. The number of hydrogen-bond acceptors (Lipinski definition) is 6. The summed E-state index contributed by atoms with van der Waals surface area (Å²) >= 11 is 1.19. The van der Waals surface area contributed by atoms with Crippen LogP contribution in [0, 0.1) is 11.7 Å². The first-order chi connectivity index (χ1) is 13.5. The second kappa shape index (κ2) is 9.52. The van der Waals surface area contributed by atoms with E-state index >= 15 is 0 Å². The first-order valence-electron chi connectivity index (χ1n) is 9.73. The molecule has 1 aliphatic carbocycles. The molecular formula is C20H27FN2O4S. The molecule has 1 aliphatic rings. The monoisotopic (exact) mass is 410 g/mol. The van der Waals surface area contributed by atoms with Gasteiger partial charge in [0.05, 0.1) is 42.2 Å². The predicted molar refractivity (Wildman–Crippen MR) is 107 cm³/mol. The third-order valence-corrected chi connectivity index (χ3v) is 5.79. The SMILES string of the molecule is CCOc1nc2ccc(OCC3CC(OC[C@H](CC)NC(C)=O)C3)c(F)c2s1. The average Bonchev–Trinajstić information content (AvgIpc) is 3.04. The highest BCUT2D eigenvalue weighted by Crippen LogP contribution is 2.36. The van der Waals surface area contributed by atoms with Gasteiger partial charge in [0.1, 0.15) is 0 Å². The molecule has 1 atom stereocenters. The fraction of sp³-hybridized carbons (Fsp3) is 0.600. The Bertz CT molecular complexity index is 807. The summed E-state index contributed by atoms with van der Waals surface area (Å²) in [5.41, 5.74) is 0.583. The molecule has 1 fully saturated rings. The van der Waals surface area contributed by atoms with E-state index < -0.39 is 0 Å². The van der Waals surface area contributed by atoms with Crippen LogP contribution in [0.25, 0.3) is 10.2 Å². The van der Waals surface area contributed by atoms with Crippen molar-refractivity contribution in [3.05, 3.63) is 17.9 Å². The molecule has 0 unspecified atom stereocenters. The van der Waals surface area contributed by atoms with E-state index in [2.05, 4.69) is 10.3 Å². The Labute approximate surface area is 168 Å². The zero-order chi connectivity index (χ0) is 20.1. The van der Waals surface area contributed by atoms with Crippen molar-refractivity contribution in [1.29, 1.82) is 0 Å². The minimum atomic E-state index is -0.380. The lowest BCUT2D eigenvalue weighted by atomic mass is 9.83. The highest BCUT2D eigenvalue weighted by atomic mass is 32.1. The smallest absolute Gasteiger partial charge is 0.274 e. The van der Waals surface area contributed by atoms with E-state index in [1.54, 1.807) is 12.1 Å². The van der Waals surface area contributed by atoms with Crippen LogP contribution in [0.3, 0.4) is 0 Å². The summed E-state index contributed by atoms with van der Waals surface area (Å²) in [5.74, 6) is 0.180. The van der Waals surface area contributed by atoms with Crippen molar-refractivity contribution < 1.29 is 23.4 Å². The third kappa shape index (κ3) is 5.11. The number of fused-ring (bicyclic) bond motifs is 1. The van der Waals surface area contributed by atoms with Crippen molar-refractivity contribution in [2.75, 3.05) is 19.8 Å². The van der Waals surface area contributed by atoms with Gasteiger partial charge in [0.25, 0.3) is 5.19 Å². The second-order valence-corrected chi connectivity index (χ2v) is 8.01. The zero-order valence-corrected chi connectivity index (χ0v) is 17.3. The Kier molecular flexibility index (Phi) is 7.07. The van der Waals surface area contributed by atoms with Crippen LogP contribution >= 0.6 is 11.3 Å². The molecule has 8 heteroatoms. The number of ether oxygens (including phenoxy) is 3. The first kappa shape index (κ1) is 20.8. The normalized spacial score (nSPS) is 19.9. The van der Waals surface area contributed by atoms with Gasteiger partial charge < -0.3 is 19.5 Å². The molecule has 0 saturated heterocycles. The maximum absolute atomic E-state index is 14.7. The first-order valence-corrected chi connectivity index (χ1v) is 10.5. The summed E-state index contributed by atoms with van der Waals surface area (Å²) in [6.07, 6.45) is 2.78. The van der Waals surface area contributed by atoms with Gasteiger partial charge in [-0.1, -0.05) is 18.3 Å². The Hall–Kier alpha value is -1.93. The summed E-state index contributed by atoms with van der Waals surface area (Å²) in [6.45, 7) is 6.89. The van der Waals surface area contributed by atoms with E-state index in [0.29, 0.717) is 41.1 Å². The van der Waals surface area contributed by atoms with E-state index in [0.717, 1.165) is 19.3 Å². The maximum atomic E-state index is 14.7. The van der Waals surface area contributed by atoms with Gasteiger partial charge in [-0.05, 0) is 44.2 Å². The number of nitrogens with one attached hydrogen (secondary N) is 1. The Morgan fingerprint density at radius 3 is 2.82 bits per heavy atom. The van der Waals surface area contributed by atoms with Gasteiger partial charge in [-0.15, -0.1) is 0 Å². The van der Waals surface area contributed by atoms with E-state index in [1.807, 2.05) is 13.8 Å². The molecule has 3 rings (SSSR count). The van der Waals surface area contributed by atoms with E-state index in [4.69, 9.17) is 14.2 Å². The number of carbonyl (C=O) groups excluding carboxylic acids is 1. The van der Waals surface area contributed by atoms with Crippen LogP contribution < -0.4 is 14.8 Å². The van der Waals surface area contributed by atoms with Gasteiger partial charge in [-0.2, -0.15) is 0 Å². The molecule has 0 aliphatic heterocycles. The van der Waals surface area contributed by atoms with E-state index in [1.165, 1.54) is 18.3 Å². The van der Waals surface area contributed by atoms with Gasteiger partial charge in [0, 0.05) is 6.92 Å². The van der Waals surface area contributed by atoms with E-state index in [9.17, 15) is 9.18 Å². The minimum Gasteiger partial charge on any atom is -0.490 e. The van der Waals surface area contributed by atoms with Gasteiger partial charge in [0.15, 0.2) is 11.6 Å². The number of benzene rings is 1. The molecule has 0 radical (unpaired) electrons. The number of carbonyl (C=O) groups is 1. The van der Waals surface area contributed by atoms with Crippen molar-refractivity contribution in [3.63, 3.8) is 0 Å². The molecule has 1 N–H and O–H groups in total. The van der Waals surface area contributed by atoms with Crippen LogP contribution in [-0.4, -0.2) is 42.9 Å². The molecule has 0 bridgehead atoms.